The second-order valence-electron chi connectivity index (χ2n) is 3.96. The van der Waals surface area contributed by atoms with Crippen molar-refractivity contribution in [1.29, 1.82) is 0 Å². The van der Waals surface area contributed by atoms with Gasteiger partial charge < -0.3 is 0 Å². The Bertz CT molecular complexity index is 601. The molecule has 0 unspecified atom stereocenters. The number of rotatable bonds is 4. The van der Waals surface area contributed by atoms with E-state index in [9.17, 15) is 0 Å². The average molecular weight is 287 g/mol. The van der Waals surface area contributed by atoms with Crippen molar-refractivity contribution in [2.24, 2.45) is 0 Å². The predicted molar refractivity (Wildman–Crippen MR) is 71.2 cm³/mol. The molecule has 8 heteroatoms. The van der Waals surface area contributed by atoms with E-state index >= 15 is 0 Å². The molecule has 0 amide bonds. The molecule has 0 aliphatic heterocycles. The summed E-state index contributed by atoms with van der Waals surface area (Å²) in [6.07, 6.45) is 3.69. The van der Waals surface area contributed by atoms with Gasteiger partial charge in [0.15, 0.2) is 0 Å². The number of para-hydroxylation sites is 1. The topological polar surface area (TPSA) is 105 Å². The highest BCUT2D eigenvalue weighted by atomic mass is 32.3. The fourth-order valence-electron chi connectivity index (χ4n) is 1.59. The molecule has 0 aliphatic rings. The smallest absolute Gasteiger partial charge is 0.264 e. The van der Waals surface area contributed by atoms with Gasteiger partial charge in [-0.2, -0.15) is 8.42 Å². The molecule has 0 atom stereocenters. The van der Waals surface area contributed by atoms with Crippen molar-refractivity contribution in [2.75, 3.05) is 0 Å². The minimum absolute atomic E-state index is 0.981. The summed E-state index contributed by atoms with van der Waals surface area (Å²) in [5.74, 6) is 0. The molecule has 0 aliphatic carbocycles. The van der Waals surface area contributed by atoms with Crippen molar-refractivity contribution in [1.82, 2.24) is 15.0 Å². The molecule has 2 N–H and O–H groups in total. The largest absolute Gasteiger partial charge is 0.394 e. The Morgan fingerprint density at radius 3 is 2.47 bits per heavy atom. The summed E-state index contributed by atoms with van der Waals surface area (Å²) in [5, 5.41) is 8.24. The van der Waals surface area contributed by atoms with Gasteiger partial charge in [0.1, 0.15) is 5.52 Å². The van der Waals surface area contributed by atoms with E-state index in [2.05, 4.69) is 23.3 Å². The van der Waals surface area contributed by atoms with Gasteiger partial charge in [-0.1, -0.05) is 37.1 Å². The monoisotopic (exact) mass is 287 g/mol. The maximum atomic E-state index is 8.74. The quantitative estimate of drug-likeness (QED) is 0.658. The van der Waals surface area contributed by atoms with Gasteiger partial charge in [0.05, 0.1) is 5.52 Å². The van der Waals surface area contributed by atoms with Crippen LogP contribution in [0.15, 0.2) is 24.3 Å². The van der Waals surface area contributed by atoms with Crippen LogP contribution in [0.4, 0.5) is 0 Å². The summed E-state index contributed by atoms with van der Waals surface area (Å²) in [4.78, 5) is 0. The van der Waals surface area contributed by atoms with Gasteiger partial charge in [0.2, 0.25) is 0 Å². The Labute approximate surface area is 111 Å². The number of hydrogen-bond acceptors (Lipinski definition) is 4. The van der Waals surface area contributed by atoms with Crippen LogP contribution in [0.2, 0.25) is 0 Å². The molecule has 0 spiro atoms. The summed E-state index contributed by atoms with van der Waals surface area (Å²) < 4.78 is 33.6. The highest BCUT2D eigenvalue weighted by molar-refractivity contribution is 7.79. The van der Waals surface area contributed by atoms with Crippen LogP contribution in [0, 0.1) is 0 Å². The Balaban J connectivity index is 0.000000312. The third-order valence-electron chi connectivity index (χ3n) is 2.39. The third-order valence-corrected chi connectivity index (χ3v) is 2.39. The van der Waals surface area contributed by atoms with Crippen LogP contribution in [0.5, 0.6) is 0 Å². The summed E-state index contributed by atoms with van der Waals surface area (Å²) >= 11 is 0. The predicted octanol–water partition coefficient (Wildman–Crippen LogP) is 1.97. The number of unbranched alkanes of at least 4 members (excludes halogenated alkanes) is 2. The maximum Gasteiger partial charge on any atom is 0.394 e. The fourth-order valence-corrected chi connectivity index (χ4v) is 1.59. The van der Waals surface area contributed by atoms with Crippen LogP contribution in [-0.2, 0) is 16.9 Å². The number of hydrogen-bond donors (Lipinski definition) is 2. The molecular weight excluding hydrogens is 270 g/mol. The molecular formula is C11H17N3O4S. The minimum atomic E-state index is -4.67. The molecule has 1 aromatic carbocycles. The number of fused-ring (bicyclic) bond motifs is 1. The van der Waals surface area contributed by atoms with E-state index in [4.69, 9.17) is 17.5 Å². The van der Waals surface area contributed by atoms with Crippen molar-refractivity contribution >= 4 is 21.4 Å². The molecule has 0 saturated heterocycles. The molecule has 106 valence electrons. The SMILES string of the molecule is CCCCCn1nnc2ccccc21.O=S(=O)(O)O. The molecule has 0 saturated carbocycles. The van der Waals surface area contributed by atoms with Gasteiger partial charge >= 0.3 is 10.4 Å². The zero-order valence-corrected chi connectivity index (χ0v) is 11.4. The normalized spacial score (nSPS) is 11.1. The summed E-state index contributed by atoms with van der Waals surface area (Å²) in [7, 11) is -4.67. The standard InChI is InChI=1S/C11H15N3.H2O4S/c1-2-3-6-9-14-11-8-5-4-7-10(11)12-13-14;1-5(2,3)4/h4-5,7-8H,2-3,6,9H2,1H3;(H2,1,2,3,4). The Kier molecular flexibility index (Phi) is 5.87. The van der Waals surface area contributed by atoms with Crippen LogP contribution in [-0.4, -0.2) is 32.5 Å². The first kappa shape index (κ1) is 15.5. The molecule has 1 heterocycles. The van der Waals surface area contributed by atoms with Crippen LogP contribution in [0.1, 0.15) is 26.2 Å². The molecule has 0 radical (unpaired) electrons. The van der Waals surface area contributed by atoms with Crippen molar-refractivity contribution in [2.45, 2.75) is 32.7 Å². The Morgan fingerprint density at radius 1 is 1.21 bits per heavy atom. The first-order chi connectivity index (χ1) is 8.92. The van der Waals surface area contributed by atoms with Crippen molar-refractivity contribution in [3.63, 3.8) is 0 Å². The molecule has 1 aromatic heterocycles. The van der Waals surface area contributed by atoms with E-state index in [0.29, 0.717) is 0 Å². The second-order valence-corrected chi connectivity index (χ2v) is 4.85. The number of aromatic nitrogens is 3. The second kappa shape index (κ2) is 7.17. The van der Waals surface area contributed by atoms with E-state index in [1.807, 2.05) is 22.9 Å². The molecule has 2 aromatic rings. The van der Waals surface area contributed by atoms with E-state index in [-0.39, 0.29) is 0 Å². The minimum Gasteiger partial charge on any atom is -0.264 e. The zero-order valence-electron chi connectivity index (χ0n) is 10.6. The van der Waals surface area contributed by atoms with Gasteiger partial charge in [0, 0.05) is 6.54 Å². The average Bonchev–Trinajstić information content (AvgIpc) is 2.71. The zero-order chi connectivity index (χ0) is 14.3. The first-order valence-electron chi connectivity index (χ1n) is 5.90. The summed E-state index contributed by atoms with van der Waals surface area (Å²) in [5.41, 5.74) is 2.13. The van der Waals surface area contributed by atoms with E-state index in [0.717, 1.165) is 17.6 Å². The molecule has 0 bridgehead atoms. The molecule has 2 rings (SSSR count). The van der Waals surface area contributed by atoms with Crippen LogP contribution in [0.3, 0.4) is 0 Å². The fraction of sp³-hybridized carbons (Fsp3) is 0.455. The Hall–Kier alpha value is -1.51. The lowest BCUT2D eigenvalue weighted by atomic mass is 10.2. The highest BCUT2D eigenvalue weighted by Crippen LogP contribution is 2.10. The highest BCUT2D eigenvalue weighted by Gasteiger charge is 2.01. The van der Waals surface area contributed by atoms with Crippen molar-refractivity contribution < 1.29 is 17.5 Å². The van der Waals surface area contributed by atoms with E-state index in [1.165, 1.54) is 19.3 Å². The third kappa shape index (κ3) is 6.27. The van der Waals surface area contributed by atoms with Gasteiger partial charge in [-0.3, -0.25) is 9.11 Å². The Morgan fingerprint density at radius 2 is 1.84 bits per heavy atom. The number of aryl methyl sites for hydroxylation is 1. The number of benzene rings is 1. The number of nitrogens with zero attached hydrogens (tertiary/aromatic N) is 3. The summed E-state index contributed by atoms with van der Waals surface area (Å²) in [6, 6.07) is 8.09. The molecule has 0 fully saturated rings. The lowest BCUT2D eigenvalue weighted by molar-refractivity contribution is 0.381. The van der Waals surface area contributed by atoms with Crippen LogP contribution in [0.25, 0.3) is 11.0 Å². The van der Waals surface area contributed by atoms with Gasteiger partial charge in [0.25, 0.3) is 0 Å². The lowest BCUT2D eigenvalue weighted by Gasteiger charge is -2.00. The van der Waals surface area contributed by atoms with E-state index in [1.54, 1.807) is 0 Å². The van der Waals surface area contributed by atoms with Crippen molar-refractivity contribution in [3.05, 3.63) is 24.3 Å². The lowest BCUT2D eigenvalue weighted by Crippen LogP contribution is -1.99. The molecule has 19 heavy (non-hydrogen) atoms. The van der Waals surface area contributed by atoms with E-state index < -0.39 is 10.4 Å². The van der Waals surface area contributed by atoms with Crippen molar-refractivity contribution in [3.8, 4) is 0 Å². The molecule has 7 nitrogen and oxygen atoms in total. The first-order valence-corrected chi connectivity index (χ1v) is 7.29. The summed E-state index contributed by atoms with van der Waals surface area (Å²) in [6.45, 7) is 3.19. The van der Waals surface area contributed by atoms with Gasteiger partial charge in [-0.15, -0.1) is 5.10 Å². The maximum absolute atomic E-state index is 8.74. The van der Waals surface area contributed by atoms with Crippen LogP contribution < -0.4 is 0 Å². The van der Waals surface area contributed by atoms with Gasteiger partial charge in [-0.25, -0.2) is 4.68 Å². The van der Waals surface area contributed by atoms with Gasteiger partial charge in [-0.05, 0) is 18.6 Å². The van der Waals surface area contributed by atoms with Crippen LogP contribution >= 0.6 is 0 Å².